The van der Waals surface area contributed by atoms with Gasteiger partial charge >= 0.3 is 0 Å². The largest absolute Gasteiger partial charge is 0.303 e. The highest BCUT2D eigenvalue weighted by Crippen LogP contribution is 2.31. The van der Waals surface area contributed by atoms with E-state index in [-0.39, 0.29) is 0 Å². The molecule has 0 amide bonds. The third-order valence-electron chi connectivity index (χ3n) is 5.26. The van der Waals surface area contributed by atoms with Gasteiger partial charge in [0, 0.05) is 32.2 Å². The zero-order chi connectivity index (χ0) is 15.0. The van der Waals surface area contributed by atoms with E-state index >= 15 is 0 Å². The summed E-state index contributed by atoms with van der Waals surface area (Å²) in [4.78, 5) is 5.22. The molecular formula is C16H27BrN4. The molecule has 1 aromatic heterocycles. The highest BCUT2D eigenvalue weighted by Gasteiger charge is 2.34. The Labute approximate surface area is 136 Å². The summed E-state index contributed by atoms with van der Waals surface area (Å²) < 4.78 is 3.35. The number of nitrogens with zero attached hydrogens (tertiary/aromatic N) is 4. The normalized spacial score (nSPS) is 27.8. The van der Waals surface area contributed by atoms with Crippen molar-refractivity contribution in [3.63, 3.8) is 0 Å². The topological polar surface area (TPSA) is 24.3 Å². The SMILES string of the molecule is CCn1nc(C)c(Br)c1CN1CCC2C(CCCN2C)C1. The van der Waals surface area contributed by atoms with Crippen molar-refractivity contribution in [3.05, 3.63) is 15.9 Å². The maximum absolute atomic E-state index is 4.62. The zero-order valence-corrected chi connectivity index (χ0v) is 15.1. The summed E-state index contributed by atoms with van der Waals surface area (Å²) >= 11 is 3.73. The molecule has 2 unspecified atom stereocenters. The Morgan fingerprint density at radius 3 is 2.86 bits per heavy atom. The lowest BCUT2D eigenvalue weighted by atomic mass is 9.84. The lowest BCUT2D eigenvalue weighted by Gasteiger charge is -2.46. The summed E-state index contributed by atoms with van der Waals surface area (Å²) in [5.41, 5.74) is 2.46. The van der Waals surface area contributed by atoms with Gasteiger partial charge in [-0.25, -0.2) is 0 Å². The third kappa shape index (κ3) is 3.06. The molecule has 0 bridgehead atoms. The summed E-state index contributed by atoms with van der Waals surface area (Å²) in [7, 11) is 2.30. The Balaban J connectivity index is 1.69. The van der Waals surface area contributed by atoms with Crippen LogP contribution in [0.2, 0.25) is 0 Å². The van der Waals surface area contributed by atoms with Crippen LogP contribution in [0.25, 0.3) is 0 Å². The van der Waals surface area contributed by atoms with Crippen LogP contribution in [0.15, 0.2) is 4.47 Å². The van der Waals surface area contributed by atoms with Crippen LogP contribution in [0.3, 0.4) is 0 Å². The zero-order valence-electron chi connectivity index (χ0n) is 13.5. The minimum absolute atomic E-state index is 0.816. The summed E-state index contributed by atoms with van der Waals surface area (Å²) in [6, 6.07) is 0.816. The molecule has 2 atom stereocenters. The monoisotopic (exact) mass is 354 g/mol. The number of aryl methyl sites for hydroxylation is 2. The van der Waals surface area contributed by atoms with Crippen molar-refractivity contribution in [2.24, 2.45) is 5.92 Å². The second kappa shape index (κ2) is 6.39. The Morgan fingerprint density at radius 2 is 2.10 bits per heavy atom. The van der Waals surface area contributed by atoms with Gasteiger partial charge in [-0.1, -0.05) is 0 Å². The van der Waals surface area contributed by atoms with Gasteiger partial charge in [-0.3, -0.25) is 9.58 Å². The van der Waals surface area contributed by atoms with Crippen molar-refractivity contribution in [2.45, 2.75) is 52.2 Å². The van der Waals surface area contributed by atoms with Crippen LogP contribution in [0, 0.1) is 12.8 Å². The van der Waals surface area contributed by atoms with Gasteiger partial charge in [-0.15, -0.1) is 0 Å². The molecule has 5 heteroatoms. The molecule has 0 saturated carbocycles. The molecule has 0 N–H and O–H groups in total. The van der Waals surface area contributed by atoms with Crippen molar-refractivity contribution in [1.29, 1.82) is 0 Å². The first-order chi connectivity index (χ1) is 10.1. The fraction of sp³-hybridized carbons (Fsp3) is 0.812. The molecule has 3 heterocycles. The highest BCUT2D eigenvalue weighted by atomic mass is 79.9. The second-order valence-corrected chi connectivity index (χ2v) is 7.43. The van der Waals surface area contributed by atoms with Crippen LogP contribution in [0.5, 0.6) is 0 Å². The smallest absolute Gasteiger partial charge is 0.0739 e. The Bertz CT molecular complexity index is 499. The van der Waals surface area contributed by atoms with Crippen molar-refractivity contribution in [1.82, 2.24) is 19.6 Å². The minimum atomic E-state index is 0.816. The van der Waals surface area contributed by atoms with Crippen LogP contribution in [-0.4, -0.2) is 52.3 Å². The number of piperidine rings is 2. The Hall–Kier alpha value is -0.390. The number of fused-ring (bicyclic) bond motifs is 1. The van der Waals surface area contributed by atoms with Crippen molar-refractivity contribution in [2.75, 3.05) is 26.7 Å². The average Bonchev–Trinajstić information content (AvgIpc) is 2.75. The van der Waals surface area contributed by atoms with E-state index < -0.39 is 0 Å². The van der Waals surface area contributed by atoms with Crippen LogP contribution in [0.1, 0.15) is 37.6 Å². The van der Waals surface area contributed by atoms with E-state index in [0.717, 1.165) is 30.7 Å². The Morgan fingerprint density at radius 1 is 1.29 bits per heavy atom. The number of halogens is 1. The Kier molecular flexibility index (Phi) is 4.71. The maximum atomic E-state index is 4.62. The van der Waals surface area contributed by atoms with Gasteiger partial charge in [-0.2, -0.15) is 5.10 Å². The predicted octanol–water partition coefficient (Wildman–Crippen LogP) is 2.89. The van der Waals surface area contributed by atoms with E-state index in [1.807, 2.05) is 0 Å². The van der Waals surface area contributed by atoms with Gasteiger partial charge in [0.25, 0.3) is 0 Å². The molecule has 2 saturated heterocycles. The average molecular weight is 355 g/mol. The highest BCUT2D eigenvalue weighted by molar-refractivity contribution is 9.10. The fourth-order valence-electron chi connectivity index (χ4n) is 4.10. The van der Waals surface area contributed by atoms with Gasteiger partial charge in [0.1, 0.15) is 0 Å². The van der Waals surface area contributed by atoms with Crippen molar-refractivity contribution in [3.8, 4) is 0 Å². The molecule has 0 aliphatic carbocycles. The molecule has 0 radical (unpaired) electrons. The molecule has 0 spiro atoms. The van der Waals surface area contributed by atoms with Gasteiger partial charge < -0.3 is 4.90 Å². The maximum Gasteiger partial charge on any atom is 0.0739 e. The van der Waals surface area contributed by atoms with Gasteiger partial charge in [0.05, 0.1) is 15.9 Å². The standard InChI is InChI=1S/C16H27BrN4/c1-4-21-15(16(17)12(2)18-21)11-20-9-7-14-13(10-20)6-5-8-19(14)3/h13-14H,4-11H2,1-3H3. The fourth-order valence-corrected chi connectivity index (χ4v) is 4.51. The number of hydrogen-bond acceptors (Lipinski definition) is 3. The van der Waals surface area contributed by atoms with Crippen LogP contribution in [0.4, 0.5) is 0 Å². The number of aromatic nitrogens is 2. The van der Waals surface area contributed by atoms with Gasteiger partial charge in [0.2, 0.25) is 0 Å². The molecule has 0 aromatic carbocycles. The molecule has 2 fully saturated rings. The molecular weight excluding hydrogens is 328 g/mol. The first-order valence-corrected chi connectivity index (χ1v) is 9.03. The number of likely N-dealkylation sites (tertiary alicyclic amines) is 2. The summed E-state index contributed by atoms with van der Waals surface area (Å²) in [5, 5.41) is 4.62. The summed E-state index contributed by atoms with van der Waals surface area (Å²) in [6.45, 7) is 9.98. The first kappa shape index (κ1) is 15.5. The molecule has 3 rings (SSSR count). The number of hydrogen-bond donors (Lipinski definition) is 0. The molecule has 1 aromatic rings. The van der Waals surface area contributed by atoms with Crippen LogP contribution >= 0.6 is 15.9 Å². The summed E-state index contributed by atoms with van der Waals surface area (Å²) in [6.07, 6.45) is 4.08. The van der Waals surface area contributed by atoms with E-state index in [1.165, 1.54) is 49.1 Å². The van der Waals surface area contributed by atoms with E-state index in [1.54, 1.807) is 0 Å². The lowest BCUT2D eigenvalue weighted by Crippen LogP contribution is -2.52. The van der Waals surface area contributed by atoms with Crippen LogP contribution < -0.4 is 0 Å². The van der Waals surface area contributed by atoms with E-state index in [9.17, 15) is 0 Å². The molecule has 4 nitrogen and oxygen atoms in total. The molecule has 118 valence electrons. The van der Waals surface area contributed by atoms with Crippen molar-refractivity contribution >= 4 is 15.9 Å². The first-order valence-electron chi connectivity index (χ1n) is 8.24. The quantitative estimate of drug-likeness (QED) is 0.833. The number of rotatable bonds is 3. The second-order valence-electron chi connectivity index (χ2n) is 6.64. The third-order valence-corrected chi connectivity index (χ3v) is 6.29. The predicted molar refractivity (Wildman–Crippen MR) is 89.4 cm³/mol. The van der Waals surface area contributed by atoms with E-state index in [4.69, 9.17) is 0 Å². The van der Waals surface area contributed by atoms with E-state index in [2.05, 4.69) is 56.4 Å². The molecule has 2 aliphatic heterocycles. The van der Waals surface area contributed by atoms with Crippen molar-refractivity contribution < 1.29 is 0 Å². The van der Waals surface area contributed by atoms with E-state index in [0.29, 0.717) is 0 Å². The molecule has 21 heavy (non-hydrogen) atoms. The molecule has 2 aliphatic rings. The lowest BCUT2D eigenvalue weighted by molar-refractivity contribution is 0.0344. The van der Waals surface area contributed by atoms with Crippen LogP contribution in [-0.2, 0) is 13.1 Å². The van der Waals surface area contributed by atoms with Gasteiger partial charge in [-0.05, 0) is 68.6 Å². The van der Waals surface area contributed by atoms with Gasteiger partial charge in [0.15, 0.2) is 0 Å². The minimum Gasteiger partial charge on any atom is -0.303 e. The summed E-state index contributed by atoms with van der Waals surface area (Å²) in [5.74, 6) is 0.857.